The SMILES string of the molecule is O=S(=O)(NCc1ccc(Cn2cncn2)cc1)c1c(Cl)cccc1Cl. The Labute approximate surface area is 155 Å². The molecule has 0 saturated carbocycles. The molecule has 0 atom stereocenters. The number of nitrogens with one attached hydrogen (secondary N) is 1. The highest BCUT2D eigenvalue weighted by atomic mass is 35.5. The molecule has 130 valence electrons. The summed E-state index contributed by atoms with van der Waals surface area (Å²) in [5.74, 6) is 0. The summed E-state index contributed by atoms with van der Waals surface area (Å²) in [6.07, 6.45) is 3.11. The summed E-state index contributed by atoms with van der Waals surface area (Å²) in [5, 5.41) is 4.21. The van der Waals surface area contributed by atoms with Gasteiger partial charge in [-0.25, -0.2) is 22.8 Å². The van der Waals surface area contributed by atoms with Gasteiger partial charge in [-0.15, -0.1) is 0 Å². The summed E-state index contributed by atoms with van der Waals surface area (Å²) < 4.78 is 29.1. The molecule has 1 aromatic heterocycles. The van der Waals surface area contributed by atoms with Crippen molar-refractivity contribution in [3.63, 3.8) is 0 Å². The molecule has 0 fully saturated rings. The van der Waals surface area contributed by atoms with Gasteiger partial charge in [0.2, 0.25) is 10.0 Å². The standard InChI is InChI=1S/C16H14Cl2N4O2S/c17-14-2-1-3-15(18)16(14)25(23,24)21-8-12-4-6-13(7-5-12)9-22-11-19-10-20-22/h1-7,10-11,21H,8-9H2. The van der Waals surface area contributed by atoms with E-state index < -0.39 is 10.0 Å². The second kappa shape index (κ2) is 7.53. The number of hydrogen-bond donors (Lipinski definition) is 1. The minimum atomic E-state index is -3.81. The molecular formula is C16H14Cl2N4O2S. The number of hydrogen-bond acceptors (Lipinski definition) is 4. The molecular weight excluding hydrogens is 383 g/mol. The van der Waals surface area contributed by atoms with Crippen LogP contribution in [-0.4, -0.2) is 23.2 Å². The van der Waals surface area contributed by atoms with Gasteiger partial charge in [0.25, 0.3) is 0 Å². The normalized spacial score (nSPS) is 11.6. The predicted octanol–water partition coefficient (Wildman–Crippen LogP) is 3.11. The number of halogens is 2. The van der Waals surface area contributed by atoms with Crippen LogP contribution in [0.3, 0.4) is 0 Å². The molecule has 0 radical (unpaired) electrons. The van der Waals surface area contributed by atoms with Crippen molar-refractivity contribution >= 4 is 33.2 Å². The van der Waals surface area contributed by atoms with Crippen LogP contribution >= 0.6 is 23.2 Å². The minimum absolute atomic E-state index is 0.0863. The van der Waals surface area contributed by atoms with Crippen LogP contribution in [0.25, 0.3) is 0 Å². The summed E-state index contributed by atoms with van der Waals surface area (Å²) in [7, 11) is -3.81. The fourth-order valence-electron chi connectivity index (χ4n) is 2.25. The quantitative estimate of drug-likeness (QED) is 0.694. The van der Waals surface area contributed by atoms with E-state index in [0.29, 0.717) is 6.54 Å². The van der Waals surface area contributed by atoms with Crippen molar-refractivity contribution in [3.8, 4) is 0 Å². The Morgan fingerprint density at radius 1 is 1.00 bits per heavy atom. The molecule has 0 saturated heterocycles. The van der Waals surface area contributed by atoms with E-state index >= 15 is 0 Å². The second-order valence-corrected chi connectivity index (χ2v) is 7.80. The van der Waals surface area contributed by atoms with Crippen LogP contribution in [0.2, 0.25) is 10.0 Å². The highest BCUT2D eigenvalue weighted by Gasteiger charge is 2.21. The zero-order valence-corrected chi connectivity index (χ0v) is 15.3. The molecule has 0 unspecified atom stereocenters. The third kappa shape index (κ3) is 4.38. The minimum Gasteiger partial charge on any atom is -0.249 e. The third-order valence-electron chi connectivity index (χ3n) is 3.49. The fourth-order valence-corrected chi connectivity index (χ4v) is 4.41. The van der Waals surface area contributed by atoms with Gasteiger partial charge in [-0.3, -0.25) is 0 Å². The van der Waals surface area contributed by atoms with Gasteiger partial charge in [-0.05, 0) is 23.3 Å². The van der Waals surface area contributed by atoms with Gasteiger partial charge in [0.1, 0.15) is 17.6 Å². The van der Waals surface area contributed by atoms with E-state index in [1.807, 2.05) is 24.3 Å². The van der Waals surface area contributed by atoms with Crippen molar-refractivity contribution in [2.75, 3.05) is 0 Å². The maximum absolute atomic E-state index is 12.4. The van der Waals surface area contributed by atoms with Gasteiger partial charge < -0.3 is 0 Å². The third-order valence-corrected chi connectivity index (χ3v) is 5.84. The van der Waals surface area contributed by atoms with Crippen LogP contribution in [0, 0.1) is 0 Å². The summed E-state index contributed by atoms with van der Waals surface area (Å²) in [5.41, 5.74) is 1.85. The molecule has 6 nitrogen and oxygen atoms in total. The predicted molar refractivity (Wildman–Crippen MR) is 96.1 cm³/mol. The maximum Gasteiger partial charge on any atom is 0.243 e. The molecule has 9 heteroatoms. The molecule has 1 heterocycles. The van der Waals surface area contributed by atoms with E-state index in [9.17, 15) is 8.42 Å². The summed E-state index contributed by atoms with van der Waals surface area (Å²) in [6.45, 7) is 0.731. The fraction of sp³-hybridized carbons (Fsp3) is 0.125. The highest BCUT2D eigenvalue weighted by Crippen LogP contribution is 2.28. The zero-order valence-electron chi connectivity index (χ0n) is 12.9. The van der Waals surface area contributed by atoms with E-state index in [1.165, 1.54) is 18.5 Å². The Morgan fingerprint density at radius 3 is 2.24 bits per heavy atom. The second-order valence-electron chi connectivity index (χ2n) is 5.28. The Bertz CT molecular complexity index is 938. The summed E-state index contributed by atoms with van der Waals surface area (Å²) >= 11 is 11.9. The average Bonchev–Trinajstić information content (AvgIpc) is 3.07. The monoisotopic (exact) mass is 396 g/mol. The van der Waals surface area contributed by atoms with Crippen LogP contribution < -0.4 is 4.72 Å². The van der Waals surface area contributed by atoms with E-state index in [0.717, 1.165) is 11.1 Å². The van der Waals surface area contributed by atoms with E-state index in [-0.39, 0.29) is 21.5 Å². The molecule has 1 N–H and O–H groups in total. The lowest BCUT2D eigenvalue weighted by atomic mass is 10.1. The van der Waals surface area contributed by atoms with Gasteiger partial charge in [-0.1, -0.05) is 53.5 Å². The van der Waals surface area contributed by atoms with Gasteiger partial charge in [-0.2, -0.15) is 5.10 Å². The number of sulfonamides is 1. The van der Waals surface area contributed by atoms with Gasteiger partial charge in [0.05, 0.1) is 16.6 Å². The van der Waals surface area contributed by atoms with Crippen LogP contribution in [0.1, 0.15) is 11.1 Å². The van der Waals surface area contributed by atoms with Crippen LogP contribution in [0.5, 0.6) is 0 Å². The first-order chi connectivity index (χ1) is 12.0. The smallest absolute Gasteiger partial charge is 0.243 e. The highest BCUT2D eigenvalue weighted by molar-refractivity contribution is 7.89. The largest absolute Gasteiger partial charge is 0.249 e. The van der Waals surface area contributed by atoms with Crippen molar-refractivity contribution in [2.45, 2.75) is 18.0 Å². The number of benzene rings is 2. The Balaban J connectivity index is 1.69. The number of nitrogens with zero attached hydrogens (tertiary/aromatic N) is 3. The molecule has 0 bridgehead atoms. The van der Waals surface area contributed by atoms with Crippen molar-refractivity contribution in [2.24, 2.45) is 0 Å². The Hall–Kier alpha value is -1.93. The Morgan fingerprint density at radius 2 is 1.64 bits per heavy atom. The van der Waals surface area contributed by atoms with Crippen molar-refractivity contribution in [3.05, 3.63) is 76.3 Å². The number of aromatic nitrogens is 3. The maximum atomic E-state index is 12.4. The van der Waals surface area contributed by atoms with E-state index in [2.05, 4.69) is 14.8 Å². The molecule has 0 amide bonds. The molecule has 0 aliphatic carbocycles. The molecule has 2 aromatic carbocycles. The summed E-state index contributed by atoms with van der Waals surface area (Å²) in [6, 6.07) is 12.1. The Kier molecular flexibility index (Phi) is 5.39. The first-order valence-electron chi connectivity index (χ1n) is 7.29. The van der Waals surface area contributed by atoms with Gasteiger partial charge >= 0.3 is 0 Å². The first-order valence-corrected chi connectivity index (χ1v) is 9.53. The average molecular weight is 397 g/mol. The van der Waals surface area contributed by atoms with E-state index in [1.54, 1.807) is 17.1 Å². The zero-order chi connectivity index (χ0) is 17.9. The summed E-state index contributed by atoms with van der Waals surface area (Å²) in [4.78, 5) is 3.78. The van der Waals surface area contributed by atoms with Crippen LogP contribution in [0.15, 0.2) is 60.0 Å². The van der Waals surface area contributed by atoms with Crippen molar-refractivity contribution in [1.29, 1.82) is 0 Å². The van der Waals surface area contributed by atoms with Crippen LogP contribution in [-0.2, 0) is 23.1 Å². The lowest BCUT2D eigenvalue weighted by Gasteiger charge is -2.10. The van der Waals surface area contributed by atoms with Crippen molar-refractivity contribution < 1.29 is 8.42 Å². The molecule has 0 aliphatic rings. The van der Waals surface area contributed by atoms with Gasteiger partial charge in [0, 0.05) is 6.54 Å². The number of rotatable bonds is 6. The van der Waals surface area contributed by atoms with Gasteiger partial charge in [0.15, 0.2) is 0 Å². The lowest BCUT2D eigenvalue weighted by molar-refractivity contribution is 0.581. The lowest BCUT2D eigenvalue weighted by Crippen LogP contribution is -2.23. The van der Waals surface area contributed by atoms with E-state index in [4.69, 9.17) is 23.2 Å². The molecule has 0 aliphatic heterocycles. The van der Waals surface area contributed by atoms with Crippen molar-refractivity contribution in [1.82, 2.24) is 19.5 Å². The molecule has 0 spiro atoms. The molecule has 25 heavy (non-hydrogen) atoms. The topological polar surface area (TPSA) is 76.9 Å². The van der Waals surface area contributed by atoms with Crippen LogP contribution in [0.4, 0.5) is 0 Å². The first kappa shape index (κ1) is 17.9. The molecule has 3 aromatic rings. The molecule has 3 rings (SSSR count).